The highest BCUT2D eigenvalue weighted by Crippen LogP contribution is 2.29. The van der Waals surface area contributed by atoms with Crippen molar-refractivity contribution in [1.82, 2.24) is 4.98 Å². The topological polar surface area (TPSA) is 62.7 Å². The van der Waals surface area contributed by atoms with Gasteiger partial charge in [-0.25, -0.2) is 14.7 Å². The van der Waals surface area contributed by atoms with Crippen molar-refractivity contribution < 1.29 is 14.6 Å². The Morgan fingerprint density at radius 1 is 1.86 bits per heavy atom. The number of amides is 1. The molecule has 0 spiro atoms. The van der Waals surface area contributed by atoms with Gasteiger partial charge in [-0.2, -0.15) is 0 Å². The van der Waals surface area contributed by atoms with E-state index in [1.807, 2.05) is 0 Å². The number of ether oxygens (including phenoxy) is 1. The second kappa shape index (κ2) is 3.84. The van der Waals surface area contributed by atoms with Crippen molar-refractivity contribution in [1.29, 1.82) is 0 Å². The maximum Gasteiger partial charge on any atom is 0.416 e. The highest BCUT2D eigenvalue weighted by atomic mass is 79.9. The zero-order valence-corrected chi connectivity index (χ0v) is 9.42. The van der Waals surface area contributed by atoms with Crippen molar-refractivity contribution in [3.05, 3.63) is 9.98 Å². The van der Waals surface area contributed by atoms with Crippen LogP contribution in [-0.4, -0.2) is 35.4 Å². The third-order valence-corrected chi connectivity index (χ3v) is 3.27. The highest BCUT2D eigenvalue weighted by molar-refractivity contribution is 9.11. The second-order valence-corrected chi connectivity index (χ2v) is 5.13. The lowest BCUT2D eigenvalue weighted by molar-refractivity contribution is 0.0963. The molecule has 1 unspecified atom stereocenters. The van der Waals surface area contributed by atoms with Crippen LogP contribution in [0.15, 0.2) is 9.98 Å². The van der Waals surface area contributed by atoms with Gasteiger partial charge in [0.15, 0.2) is 5.13 Å². The summed E-state index contributed by atoms with van der Waals surface area (Å²) in [7, 11) is 0. The number of aromatic nitrogens is 1. The zero-order chi connectivity index (χ0) is 10.1. The molecule has 1 aliphatic rings. The van der Waals surface area contributed by atoms with Crippen molar-refractivity contribution in [2.24, 2.45) is 0 Å². The summed E-state index contributed by atoms with van der Waals surface area (Å²) in [6, 6.07) is 0. The smallest absolute Gasteiger partial charge is 0.416 e. The van der Waals surface area contributed by atoms with Crippen LogP contribution < -0.4 is 4.90 Å². The van der Waals surface area contributed by atoms with E-state index in [0.29, 0.717) is 11.7 Å². The summed E-state index contributed by atoms with van der Waals surface area (Å²) in [5.74, 6) is 0. The lowest BCUT2D eigenvalue weighted by Crippen LogP contribution is -2.25. The number of hydrogen-bond donors (Lipinski definition) is 1. The first-order valence-electron chi connectivity index (χ1n) is 3.91. The number of cyclic esters (lactones) is 1. The molecular formula is C7H7BrN2O3S. The van der Waals surface area contributed by atoms with Gasteiger partial charge in [-0.1, -0.05) is 11.3 Å². The van der Waals surface area contributed by atoms with Crippen LogP contribution in [0.3, 0.4) is 0 Å². The molecule has 2 heterocycles. The van der Waals surface area contributed by atoms with E-state index in [9.17, 15) is 4.79 Å². The van der Waals surface area contributed by atoms with Gasteiger partial charge in [-0.05, 0) is 15.9 Å². The van der Waals surface area contributed by atoms with Gasteiger partial charge in [-0.15, -0.1) is 0 Å². The van der Waals surface area contributed by atoms with Crippen molar-refractivity contribution >= 4 is 38.5 Å². The van der Waals surface area contributed by atoms with Crippen LogP contribution in [-0.2, 0) is 4.74 Å². The van der Waals surface area contributed by atoms with Gasteiger partial charge in [0, 0.05) is 0 Å². The van der Waals surface area contributed by atoms with Gasteiger partial charge in [-0.3, -0.25) is 0 Å². The molecule has 5 nitrogen and oxygen atoms in total. The lowest BCUT2D eigenvalue weighted by Gasteiger charge is -2.06. The second-order valence-electron chi connectivity index (χ2n) is 2.75. The van der Waals surface area contributed by atoms with Gasteiger partial charge in [0.25, 0.3) is 0 Å². The molecule has 1 fully saturated rings. The minimum absolute atomic E-state index is 0.158. The van der Waals surface area contributed by atoms with Crippen LogP contribution in [0.5, 0.6) is 0 Å². The van der Waals surface area contributed by atoms with E-state index >= 15 is 0 Å². The number of rotatable bonds is 2. The molecule has 0 aliphatic carbocycles. The molecular weight excluding hydrogens is 272 g/mol. The van der Waals surface area contributed by atoms with Crippen molar-refractivity contribution in [3.8, 4) is 0 Å². The average molecular weight is 279 g/mol. The Morgan fingerprint density at radius 3 is 3.14 bits per heavy atom. The SMILES string of the molecule is O=C1OC(CO)CN1c1ncc(Br)s1. The zero-order valence-electron chi connectivity index (χ0n) is 7.01. The predicted molar refractivity (Wildman–Crippen MR) is 54.5 cm³/mol. The molecule has 1 N–H and O–H groups in total. The molecule has 1 atom stereocenters. The normalized spacial score (nSPS) is 21.4. The number of aliphatic hydroxyl groups is 1. The summed E-state index contributed by atoms with van der Waals surface area (Å²) in [5, 5.41) is 9.40. The lowest BCUT2D eigenvalue weighted by atomic mass is 10.4. The van der Waals surface area contributed by atoms with E-state index in [-0.39, 0.29) is 6.61 Å². The molecule has 14 heavy (non-hydrogen) atoms. The molecule has 0 bridgehead atoms. The summed E-state index contributed by atoms with van der Waals surface area (Å²) < 4.78 is 5.73. The van der Waals surface area contributed by atoms with E-state index in [4.69, 9.17) is 9.84 Å². The van der Waals surface area contributed by atoms with Gasteiger partial charge in [0.1, 0.15) is 6.10 Å². The van der Waals surface area contributed by atoms with Crippen molar-refractivity contribution in [2.45, 2.75) is 6.10 Å². The largest absolute Gasteiger partial charge is 0.441 e. The predicted octanol–water partition coefficient (Wildman–Crippen LogP) is 1.22. The van der Waals surface area contributed by atoms with Gasteiger partial charge >= 0.3 is 6.09 Å². The fourth-order valence-electron chi connectivity index (χ4n) is 1.14. The fourth-order valence-corrected chi connectivity index (χ4v) is 2.32. The van der Waals surface area contributed by atoms with Crippen LogP contribution in [0.2, 0.25) is 0 Å². The first kappa shape index (κ1) is 9.88. The highest BCUT2D eigenvalue weighted by Gasteiger charge is 2.33. The number of anilines is 1. The Labute approximate surface area is 92.4 Å². The van der Waals surface area contributed by atoms with E-state index in [0.717, 1.165) is 3.79 Å². The Morgan fingerprint density at radius 2 is 2.64 bits per heavy atom. The number of carbonyl (C=O) groups excluding carboxylic acids is 1. The number of hydrogen-bond acceptors (Lipinski definition) is 5. The third kappa shape index (κ3) is 1.75. The number of halogens is 1. The maximum atomic E-state index is 11.3. The minimum Gasteiger partial charge on any atom is -0.441 e. The van der Waals surface area contributed by atoms with E-state index in [2.05, 4.69) is 20.9 Å². The van der Waals surface area contributed by atoms with E-state index < -0.39 is 12.2 Å². The van der Waals surface area contributed by atoms with Crippen LogP contribution in [0.4, 0.5) is 9.93 Å². The Bertz CT molecular complexity index is 356. The average Bonchev–Trinajstić information content (AvgIpc) is 2.71. The van der Waals surface area contributed by atoms with Crippen LogP contribution >= 0.6 is 27.3 Å². The summed E-state index contributed by atoms with van der Waals surface area (Å²) in [6.07, 6.45) is 0.732. The van der Waals surface area contributed by atoms with E-state index in [1.54, 1.807) is 6.20 Å². The first-order valence-corrected chi connectivity index (χ1v) is 5.52. The molecule has 1 aliphatic heterocycles. The Hall–Kier alpha value is -0.660. The van der Waals surface area contributed by atoms with Gasteiger partial charge in [0.05, 0.1) is 23.1 Å². The molecule has 1 aromatic rings. The third-order valence-electron chi connectivity index (χ3n) is 1.77. The quantitative estimate of drug-likeness (QED) is 0.884. The maximum absolute atomic E-state index is 11.3. The van der Waals surface area contributed by atoms with Crippen LogP contribution in [0.25, 0.3) is 0 Å². The molecule has 2 rings (SSSR count). The molecule has 1 aromatic heterocycles. The molecule has 1 saturated heterocycles. The Balaban J connectivity index is 2.16. The first-order chi connectivity index (χ1) is 6.70. The molecule has 76 valence electrons. The summed E-state index contributed by atoms with van der Waals surface area (Å²) in [6.45, 7) is 0.198. The number of nitrogens with zero attached hydrogens (tertiary/aromatic N) is 2. The van der Waals surface area contributed by atoms with E-state index in [1.165, 1.54) is 16.2 Å². The van der Waals surface area contributed by atoms with Crippen LogP contribution in [0.1, 0.15) is 0 Å². The summed E-state index contributed by atoms with van der Waals surface area (Å²) in [4.78, 5) is 16.7. The van der Waals surface area contributed by atoms with Gasteiger partial charge < -0.3 is 9.84 Å². The summed E-state index contributed by atoms with van der Waals surface area (Å²) in [5.41, 5.74) is 0. The molecule has 0 radical (unpaired) electrons. The summed E-state index contributed by atoms with van der Waals surface area (Å²) >= 11 is 4.61. The van der Waals surface area contributed by atoms with Crippen LogP contribution in [0, 0.1) is 0 Å². The minimum atomic E-state index is -0.453. The fraction of sp³-hybridized carbons (Fsp3) is 0.429. The number of thiazole rings is 1. The van der Waals surface area contributed by atoms with Crippen molar-refractivity contribution in [2.75, 3.05) is 18.1 Å². The monoisotopic (exact) mass is 278 g/mol. The number of aliphatic hydroxyl groups excluding tert-OH is 1. The number of carbonyl (C=O) groups is 1. The molecule has 0 saturated carbocycles. The van der Waals surface area contributed by atoms with Gasteiger partial charge in [0.2, 0.25) is 0 Å². The standard InChI is InChI=1S/C7H7BrN2O3S/c8-5-1-9-6(14-5)10-2-4(3-11)13-7(10)12/h1,4,11H,2-3H2. The molecule has 7 heteroatoms. The molecule has 1 amide bonds. The molecule has 0 aromatic carbocycles. The Kier molecular flexibility index (Phi) is 2.71. The van der Waals surface area contributed by atoms with Crippen molar-refractivity contribution in [3.63, 3.8) is 0 Å².